The Bertz CT molecular complexity index is 1080. The van der Waals surface area contributed by atoms with Crippen molar-refractivity contribution in [1.29, 1.82) is 0 Å². The molecular formula is C21H19NO6S. The van der Waals surface area contributed by atoms with Crippen LogP contribution in [0.25, 0.3) is 11.1 Å². The van der Waals surface area contributed by atoms with Crippen molar-refractivity contribution in [2.24, 2.45) is 0 Å². The number of ether oxygens (including phenoxy) is 3. The summed E-state index contributed by atoms with van der Waals surface area (Å²) in [5.74, 6) is 0.460. The lowest BCUT2D eigenvalue weighted by molar-refractivity contribution is 0.0529. The van der Waals surface area contributed by atoms with Gasteiger partial charge in [0, 0.05) is 16.9 Å². The number of rotatable bonds is 6. The second-order valence-electron chi connectivity index (χ2n) is 6.30. The summed E-state index contributed by atoms with van der Waals surface area (Å²) in [4.78, 5) is 26.2. The molecule has 0 bridgehead atoms. The molecule has 0 unspecified atom stereocenters. The van der Waals surface area contributed by atoms with Gasteiger partial charge in [-0.15, -0.1) is 11.3 Å². The van der Waals surface area contributed by atoms with E-state index >= 15 is 0 Å². The highest BCUT2D eigenvalue weighted by atomic mass is 32.1. The molecular weight excluding hydrogens is 394 g/mol. The van der Waals surface area contributed by atoms with Crippen LogP contribution >= 0.6 is 11.3 Å². The summed E-state index contributed by atoms with van der Waals surface area (Å²) in [7, 11) is 3.15. The lowest BCUT2D eigenvalue weighted by Crippen LogP contribution is -2.14. The van der Waals surface area contributed by atoms with Crippen LogP contribution in [0.4, 0.5) is 5.00 Å². The standard InChI is InChI=1S/C21H19NO6S/c1-4-27-21(24)18-17-12-10-15(26-3)14(25-2)8-11(12)9-16(17)29-20(18)22-19(23)13-6-5-7-28-13/h5-8,10H,4,9H2,1-3H3,(H,22,23). The van der Waals surface area contributed by atoms with Gasteiger partial charge in [-0.3, -0.25) is 4.79 Å². The van der Waals surface area contributed by atoms with Gasteiger partial charge in [0.15, 0.2) is 17.3 Å². The summed E-state index contributed by atoms with van der Waals surface area (Å²) >= 11 is 1.36. The smallest absolute Gasteiger partial charge is 0.341 e. The van der Waals surface area contributed by atoms with Crippen LogP contribution in [0.1, 0.15) is 38.3 Å². The van der Waals surface area contributed by atoms with E-state index in [0.29, 0.717) is 28.5 Å². The van der Waals surface area contributed by atoms with Crippen molar-refractivity contribution >= 4 is 28.2 Å². The summed E-state index contributed by atoms with van der Waals surface area (Å²) < 4.78 is 21.2. The normalized spacial score (nSPS) is 11.6. The third kappa shape index (κ3) is 3.25. The zero-order chi connectivity index (χ0) is 20.5. The van der Waals surface area contributed by atoms with E-state index in [0.717, 1.165) is 21.6 Å². The first-order valence-corrected chi connectivity index (χ1v) is 9.81. The van der Waals surface area contributed by atoms with Gasteiger partial charge >= 0.3 is 5.97 Å². The second-order valence-corrected chi connectivity index (χ2v) is 7.40. The average Bonchev–Trinajstić information content (AvgIpc) is 3.42. The Kier molecular flexibility index (Phi) is 5.02. The Morgan fingerprint density at radius 3 is 2.62 bits per heavy atom. The number of hydrogen-bond donors (Lipinski definition) is 1. The molecule has 8 heteroatoms. The Morgan fingerprint density at radius 1 is 1.21 bits per heavy atom. The maximum absolute atomic E-state index is 12.8. The first kappa shape index (κ1) is 19.1. The van der Waals surface area contributed by atoms with Gasteiger partial charge in [0.2, 0.25) is 0 Å². The molecule has 1 aliphatic rings. The minimum Gasteiger partial charge on any atom is -0.493 e. The van der Waals surface area contributed by atoms with E-state index in [4.69, 9.17) is 18.6 Å². The van der Waals surface area contributed by atoms with E-state index in [-0.39, 0.29) is 12.4 Å². The van der Waals surface area contributed by atoms with E-state index in [1.165, 1.54) is 17.6 Å². The second kappa shape index (κ2) is 7.63. The maximum Gasteiger partial charge on any atom is 0.341 e. The molecule has 150 valence electrons. The molecule has 1 amide bonds. The zero-order valence-corrected chi connectivity index (χ0v) is 17.0. The van der Waals surface area contributed by atoms with Gasteiger partial charge in [0.05, 0.1) is 27.1 Å². The molecule has 1 aromatic carbocycles. The van der Waals surface area contributed by atoms with Gasteiger partial charge in [-0.1, -0.05) is 0 Å². The predicted molar refractivity (Wildman–Crippen MR) is 108 cm³/mol. The fourth-order valence-corrected chi connectivity index (χ4v) is 4.64. The third-order valence-electron chi connectivity index (χ3n) is 4.66. The summed E-state index contributed by atoms with van der Waals surface area (Å²) in [6, 6.07) is 6.96. The molecule has 0 spiro atoms. The monoisotopic (exact) mass is 413 g/mol. The van der Waals surface area contributed by atoms with Crippen molar-refractivity contribution in [3.8, 4) is 22.6 Å². The lowest BCUT2D eigenvalue weighted by atomic mass is 10.0. The van der Waals surface area contributed by atoms with Gasteiger partial charge < -0.3 is 23.9 Å². The van der Waals surface area contributed by atoms with Crippen molar-refractivity contribution in [2.45, 2.75) is 13.3 Å². The van der Waals surface area contributed by atoms with Crippen molar-refractivity contribution in [3.63, 3.8) is 0 Å². The molecule has 2 aromatic heterocycles. The van der Waals surface area contributed by atoms with Crippen LogP contribution in [-0.2, 0) is 11.2 Å². The highest BCUT2D eigenvalue weighted by molar-refractivity contribution is 7.17. The SMILES string of the molecule is CCOC(=O)c1c(NC(=O)c2ccco2)sc2c1-c1cc(OC)c(OC)cc1C2. The molecule has 0 atom stereocenters. The first-order valence-electron chi connectivity index (χ1n) is 9.00. The number of carbonyl (C=O) groups excluding carboxylic acids is 2. The number of nitrogens with one attached hydrogen (secondary N) is 1. The summed E-state index contributed by atoms with van der Waals surface area (Å²) in [5, 5.41) is 3.23. The van der Waals surface area contributed by atoms with Crippen LogP contribution in [0.15, 0.2) is 34.9 Å². The largest absolute Gasteiger partial charge is 0.493 e. The first-order chi connectivity index (χ1) is 14.1. The molecule has 0 saturated heterocycles. The van der Waals surface area contributed by atoms with Crippen LogP contribution in [-0.4, -0.2) is 32.7 Å². The van der Waals surface area contributed by atoms with Crippen molar-refractivity contribution in [1.82, 2.24) is 0 Å². The molecule has 7 nitrogen and oxygen atoms in total. The van der Waals surface area contributed by atoms with Crippen molar-refractivity contribution < 1.29 is 28.2 Å². The number of anilines is 1. The Labute approximate surface area is 171 Å². The molecule has 1 aliphatic carbocycles. The van der Waals surface area contributed by atoms with E-state index in [1.54, 1.807) is 33.3 Å². The molecule has 3 aromatic rings. The number of esters is 1. The van der Waals surface area contributed by atoms with E-state index in [2.05, 4.69) is 5.32 Å². The number of benzene rings is 1. The summed E-state index contributed by atoms with van der Waals surface area (Å²) in [6.07, 6.45) is 2.05. The van der Waals surface area contributed by atoms with E-state index in [1.807, 2.05) is 12.1 Å². The van der Waals surface area contributed by atoms with Gasteiger partial charge in [-0.05, 0) is 42.3 Å². The number of fused-ring (bicyclic) bond motifs is 3. The van der Waals surface area contributed by atoms with E-state index < -0.39 is 11.9 Å². The Morgan fingerprint density at radius 2 is 1.97 bits per heavy atom. The molecule has 0 radical (unpaired) electrons. The minimum absolute atomic E-state index is 0.167. The fraction of sp³-hybridized carbons (Fsp3) is 0.238. The molecule has 0 aliphatic heterocycles. The van der Waals surface area contributed by atoms with Gasteiger partial charge in [0.1, 0.15) is 10.6 Å². The van der Waals surface area contributed by atoms with Crippen molar-refractivity contribution in [3.05, 3.63) is 52.3 Å². The highest BCUT2D eigenvalue weighted by Crippen LogP contribution is 2.50. The van der Waals surface area contributed by atoms with Gasteiger partial charge in [-0.2, -0.15) is 0 Å². The Balaban J connectivity index is 1.82. The van der Waals surface area contributed by atoms with Crippen LogP contribution in [0, 0.1) is 0 Å². The molecule has 2 heterocycles. The van der Waals surface area contributed by atoms with E-state index in [9.17, 15) is 9.59 Å². The fourth-order valence-electron chi connectivity index (χ4n) is 3.42. The topological polar surface area (TPSA) is 87.0 Å². The van der Waals surface area contributed by atoms with Crippen LogP contribution in [0.2, 0.25) is 0 Å². The number of hydrogen-bond acceptors (Lipinski definition) is 7. The molecule has 4 rings (SSSR count). The highest BCUT2D eigenvalue weighted by Gasteiger charge is 2.33. The predicted octanol–water partition coefficient (Wildman–Crippen LogP) is 4.36. The molecule has 0 saturated carbocycles. The lowest BCUT2D eigenvalue weighted by Gasteiger charge is -2.12. The molecule has 1 N–H and O–H groups in total. The van der Waals surface area contributed by atoms with Crippen LogP contribution < -0.4 is 14.8 Å². The van der Waals surface area contributed by atoms with Crippen LogP contribution in [0.5, 0.6) is 11.5 Å². The Hall–Kier alpha value is -3.26. The van der Waals surface area contributed by atoms with Gasteiger partial charge in [0.25, 0.3) is 5.91 Å². The maximum atomic E-state index is 12.8. The third-order valence-corrected chi connectivity index (χ3v) is 5.77. The molecule has 29 heavy (non-hydrogen) atoms. The van der Waals surface area contributed by atoms with Crippen LogP contribution in [0.3, 0.4) is 0 Å². The quantitative estimate of drug-likeness (QED) is 0.473. The number of methoxy groups -OCH3 is 2. The zero-order valence-electron chi connectivity index (χ0n) is 16.2. The average molecular weight is 413 g/mol. The number of furan rings is 1. The van der Waals surface area contributed by atoms with Crippen molar-refractivity contribution in [2.75, 3.05) is 26.1 Å². The number of carbonyl (C=O) groups is 2. The summed E-state index contributed by atoms with van der Waals surface area (Å²) in [6.45, 7) is 1.97. The number of thiophene rings is 1. The summed E-state index contributed by atoms with van der Waals surface area (Å²) in [5.41, 5.74) is 3.01. The number of amides is 1. The molecule has 0 fully saturated rings. The van der Waals surface area contributed by atoms with Gasteiger partial charge in [-0.25, -0.2) is 4.79 Å². The minimum atomic E-state index is -0.484.